The Hall–Kier alpha value is -1.84. The van der Waals surface area contributed by atoms with Crippen LogP contribution < -0.4 is 16.7 Å². The minimum atomic E-state index is -0.476. The van der Waals surface area contributed by atoms with Crippen LogP contribution in [0, 0.1) is 0 Å². The molecule has 0 amide bonds. The van der Waals surface area contributed by atoms with Crippen molar-refractivity contribution in [1.29, 1.82) is 0 Å². The molecular formula is C15H16BNO. The molecule has 0 aliphatic carbocycles. The number of rotatable bonds is 5. The standard InChI is InChI=1S/C15H16BNO/c1-2-15(17)18-16(13-9-5-3-6-10-13)14-11-7-4-8-12-14/h2-12,15H,1,17H2. The highest BCUT2D eigenvalue weighted by Gasteiger charge is 2.22. The average molecular weight is 237 g/mol. The van der Waals surface area contributed by atoms with Gasteiger partial charge in [0, 0.05) is 0 Å². The van der Waals surface area contributed by atoms with E-state index in [0.29, 0.717) is 0 Å². The predicted octanol–water partition coefficient (Wildman–Crippen LogP) is 1.28. The number of benzene rings is 2. The summed E-state index contributed by atoms with van der Waals surface area (Å²) in [5.74, 6) is 0. The maximum atomic E-state index is 5.83. The molecule has 1 atom stereocenters. The molecule has 2 aromatic carbocycles. The molecule has 0 spiro atoms. The Balaban J connectivity index is 2.32. The summed E-state index contributed by atoms with van der Waals surface area (Å²) in [6, 6.07) is 20.1. The zero-order valence-electron chi connectivity index (χ0n) is 10.2. The first-order valence-electron chi connectivity index (χ1n) is 5.95. The van der Waals surface area contributed by atoms with Crippen molar-refractivity contribution in [2.45, 2.75) is 6.23 Å². The van der Waals surface area contributed by atoms with Gasteiger partial charge in [-0.15, -0.1) is 0 Å². The molecule has 0 aliphatic heterocycles. The van der Waals surface area contributed by atoms with Crippen molar-refractivity contribution in [3.63, 3.8) is 0 Å². The quantitative estimate of drug-likeness (QED) is 0.483. The molecule has 0 saturated carbocycles. The van der Waals surface area contributed by atoms with Gasteiger partial charge in [0.1, 0.15) is 6.23 Å². The van der Waals surface area contributed by atoms with Crippen molar-refractivity contribution in [3.05, 3.63) is 73.3 Å². The van der Waals surface area contributed by atoms with Crippen LogP contribution in [0.4, 0.5) is 0 Å². The zero-order valence-corrected chi connectivity index (χ0v) is 10.2. The maximum Gasteiger partial charge on any atom is 0.363 e. The van der Waals surface area contributed by atoms with Gasteiger partial charge in [-0.2, -0.15) is 0 Å². The van der Waals surface area contributed by atoms with Crippen molar-refractivity contribution in [1.82, 2.24) is 0 Å². The van der Waals surface area contributed by atoms with Crippen LogP contribution in [-0.4, -0.2) is 13.1 Å². The molecule has 1 unspecified atom stereocenters. The van der Waals surface area contributed by atoms with E-state index < -0.39 is 6.23 Å². The highest BCUT2D eigenvalue weighted by molar-refractivity contribution is 6.80. The largest absolute Gasteiger partial charge is 0.408 e. The molecular weight excluding hydrogens is 221 g/mol. The van der Waals surface area contributed by atoms with Gasteiger partial charge < -0.3 is 10.4 Å². The fourth-order valence-corrected chi connectivity index (χ4v) is 1.82. The Morgan fingerprint density at radius 3 is 1.78 bits per heavy atom. The molecule has 2 aromatic rings. The van der Waals surface area contributed by atoms with Gasteiger partial charge in [0.05, 0.1) is 0 Å². The first kappa shape index (κ1) is 12.6. The summed E-state index contributed by atoms with van der Waals surface area (Å²) in [5.41, 5.74) is 7.98. The van der Waals surface area contributed by atoms with Crippen LogP contribution in [0.25, 0.3) is 0 Å². The van der Waals surface area contributed by atoms with Gasteiger partial charge in [0.15, 0.2) is 0 Å². The minimum Gasteiger partial charge on any atom is -0.408 e. The van der Waals surface area contributed by atoms with E-state index in [1.165, 1.54) is 0 Å². The summed E-state index contributed by atoms with van der Waals surface area (Å²) in [7, 11) is 0. The van der Waals surface area contributed by atoms with Gasteiger partial charge in [-0.05, 0) is 10.9 Å². The Kier molecular flexibility index (Phi) is 4.34. The third-order valence-corrected chi connectivity index (χ3v) is 2.73. The molecule has 2 nitrogen and oxygen atoms in total. The molecule has 0 heterocycles. The Labute approximate surface area is 108 Å². The van der Waals surface area contributed by atoms with E-state index in [4.69, 9.17) is 10.4 Å². The number of hydrogen-bond acceptors (Lipinski definition) is 2. The minimum absolute atomic E-state index is 0.166. The Morgan fingerprint density at radius 2 is 1.39 bits per heavy atom. The summed E-state index contributed by atoms with van der Waals surface area (Å²) in [5, 5.41) is 0. The monoisotopic (exact) mass is 237 g/mol. The molecule has 18 heavy (non-hydrogen) atoms. The van der Waals surface area contributed by atoms with Gasteiger partial charge in [0.25, 0.3) is 0 Å². The predicted molar refractivity (Wildman–Crippen MR) is 77.2 cm³/mol. The molecule has 0 aromatic heterocycles. The fraction of sp³-hybridized carbons (Fsp3) is 0.0667. The molecule has 3 heteroatoms. The van der Waals surface area contributed by atoms with E-state index in [1.54, 1.807) is 6.08 Å². The molecule has 2 N–H and O–H groups in total. The fourth-order valence-electron chi connectivity index (χ4n) is 1.82. The molecule has 0 fully saturated rings. The molecule has 0 aliphatic rings. The summed E-state index contributed by atoms with van der Waals surface area (Å²) in [6.07, 6.45) is 1.12. The smallest absolute Gasteiger partial charge is 0.363 e. The van der Waals surface area contributed by atoms with E-state index in [9.17, 15) is 0 Å². The van der Waals surface area contributed by atoms with Gasteiger partial charge in [-0.25, -0.2) is 0 Å². The molecule has 0 saturated heterocycles. The van der Waals surface area contributed by atoms with E-state index in [2.05, 4.69) is 6.58 Å². The topological polar surface area (TPSA) is 35.2 Å². The highest BCUT2D eigenvalue weighted by atomic mass is 16.5. The number of hydrogen-bond donors (Lipinski definition) is 1. The normalized spacial score (nSPS) is 11.8. The SMILES string of the molecule is C=CC(N)OB(c1ccccc1)c1ccccc1. The lowest BCUT2D eigenvalue weighted by molar-refractivity contribution is 0.270. The van der Waals surface area contributed by atoms with Gasteiger partial charge >= 0.3 is 6.92 Å². The lowest BCUT2D eigenvalue weighted by Crippen LogP contribution is -2.48. The summed E-state index contributed by atoms with van der Waals surface area (Å²) < 4.78 is 5.83. The van der Waals surface area contributed by atoms with Crippen LogP contribution in [0.3, 0.4) is 0 Å². The van der Waals surface area contributed by atoms with Crippen LogP contribution in [0.2, 0.25) is 0 Å². The third kappa shape index (κ3) is 3.09. The first-order valence-corrected chi connectivity index (χ1v) is 5.95. The molecule has 90 valence electrons. The van der Waals surface area contributed by atoms with Crippen LogP contribution in [-0.2, 0) is 4.65 Å². The van der Waals surface area contributed by atoms with E-state index in [1.807, 2.05) is 60.7 Å². The van der Waals surface area contributed by atoms with Crippen LogP contribution in [0.15, 0.2) is 73.3 Å². The lowest BCUT2D eigenvalue weighted by Gasteiger charge is -2.18. The summed E-state index contributed by atoms with van der Waals surface area (Å²) in [6.45, 7) is 3.48. The van der Waals surface area contributed by atoms with E-state index in [0.717, 1.165) is 10.9 Å². The lowest BCUT2D eigenvalue weighted by atomic mass is 9.55. The Morgan fingerprint density at radius 1 is 0.944 bits per heavy atom. The van der Waals surface area contributed by atoms with Crippen molar-refractivity contribution >= 4 is 17.8 Å². The van der Waals surface area contributed by atoms with E-state index in [-0.39, 0.29) is 6.92 Å². The molecule has 0 bridgehead atoms. The van der Waals surface area contributed by atoms with Crippen molar-refractivity contribution in [3.8, 4) is 0 Å². The molecule has 0 radical (unpaired) electrons. The highest BCUT2D eigenvalue weighted by Crippen LogP contribution is 1.97. The average Bonchev–Trinajstić information content (AvgIpc) is 2.46. The second kappa shape index (κ2) is 6.19. The Bertz CT molecular complexity index is 447. The number of nitrogens with two attached hydrogens (primary N) is 1. The van der Waals surface area contributed by atoms with Crippen molar-refractivity contribution in [2.24, 2.45) is 5.73 Å². The van der Waals surface area contributed by atoms with Gasteiger partial charge in [-0.3, -0.25) is 0 Å². The summed E-state index contributed by atoms with van der Waals surface area (Å²) >= 11 is 0. The third-order valence-electron chi connectivity index (χ3n) is 2.73. The van der Waals surface area contributed by atoms with E-state index >= 15 is 0 Å². The van der Waals surface area contributed by atoms with Crippen LogP contribution >= 0.6 is 0 Å². The maximum absolute atomic E-state index is 5.83. The van der Waals surface area contributed by atoms with Crippen LogP contribution in [0.1, 0.15) is 0 Å². The molecule has 2 rings (SSSR count). The van der Waals surface area contributed by atoms with Gasteiger partial charge in [0.2, 0.25) is 0 Å². The second-order valence-corrected chi connectivity index (χ2v) is 4.04. The zero-order chi connectivity index (χ0) is 12.8. The van der Waals surface area contributed by atoms with Gasteiger partial charge in [-0.1, -0.05) is 73.3 Å². The van der Waals surface area contributed by atoms with Crippen LogP contribution in [0.5, 0.6) is 0 Å². The first-order chi connectivity index (χ1) is 8.81. The second-order valence-electron chi connectivity index (χ2n) is 4.04. The summed E-state index contributed by atoms with van der Waals surface area (Å²) in [4.78, 5) is 0. The van der Waals surface area contributed by atoms with Crippen molar-refractivity contribution in [2.75, 3.05) is 0 Å². The van der Waals surface area contributed by atoms with Crippen molar-refractivity contribution < 1.29 is 4.65 Å².